The van der Waals surface area contributed by atoms with E-state index in [-0.39, 0.29) is 29.8 Å². The predicted molar refractivity (Wildman–Crippen MR) is 191 cm³/mol. The Labute approximate surface area is 287 Å². The first-order valence-corrected chi connectivity index (χ1v) is 18.4. The number of rotatable bonds is 12. The number of carbonyl (C=O) groups is 2. The minimum Gasteiger partial charge on any atom is -0.352 e. The summed E-state index contributed by atoms with van der Waals surface area (Å²) in [5, 5.41) is 3.25. The topological polar surface area (TPSA) is 86.8 Å². The van der Waals surface area contributed by atoms with Gasteiger partial charge in [-0.2, -0.15) is 0 Å². The van der Waals surface area contributed by atoms with Crippen LogP contribution in [-0.2, 0) is 32.6 Å². The molecule has 4 aromatic rings. The van der Waals surface area contributed by atoms with Gasteiger partial charge in [0.05, 0.1) is 10.6 Å². The van der Waals surface area contributed by atoms with Gasteiger partial charge in [0.2, 0.25) is 11.8 Å². The number of carbonyl (C=O) groups excluding carboxylic acids is 2. The van der Waals surface area contributed by atoms with Gasteiger partial charge < -0.3 is 10.2 Å². The second-order valence-corrected chi connectivity index (χ2v) is 15.1. The van der Waals surface area contributed by atoms with Crippen molar-refractivity contribution in [2.45, 2.75) is 75.9 Å². The third kappa shape index (κ3) is 9.11. The second kappa shape index (κ2) is 15.8. The lowest BCUT2D eigenvalue weighted by atomic mass is 9.94. The number of halogens is 1. The number of anilines is 1. The Balaban J connectivity index is 1.55. The molecule has 1 saturated carbocycles. The Morgan fingerprint density at radius 2 is 1.38 bits per heavy atom. The molecular formula is C38H42BrN3O4S. The third-order valence-electron chi connectivity index (χ3n) is 8.70. The molecule has 0 aromatic heterocycles. The van der Waals surface area contributed by atoms with Gasteiger partial charge in [0.1, 0.15) is 12.6 Å². The minimum absolute atomic E-state index is 0.0464. The Morgan fingerprint density at radius 1 is 0.787 bits per heavy atom. The van der Waals surface area contributed by atoms with Gasteiger partial charge in [-0.1, -0.05) is 113 Å². The van der Waals surface area contributed by atoms with E-state index >= 15 is 0 Å². The molecule has 1 aliphatic rings. The van der Waals surface area contributed by atoms with Crippen LogP contribution in [0.2, 0.25) is 0 Å². The molecular weight excluding hydrogens is 674 g/mol. The van der Waals surface area contributed by atoms with Crippen molar-refractivity contribution in [2.75, 3.05) is 10.8 Å². The summed E-state index contributed by atoms with van der Waals surface area (Å²) in [5.41, 5.74) is 4.00. The first kappa shape index (κ1) is 34.4. The van der Waals surface area contributed by atoms with E-state index in [1.165, 1.54) is 0 Å². The van der Waals surface area contributed by atoms with Gasteiger partial charge in [0, 0.05) is 23.5 Å². The fourth-order valence-corrected chi connectivity index (χ4v) is 7.64. The van der Waals surface area contributed by atoms with E-state index in [0.29, 0.717) is 5.69 Å². The van der Waals surface area contributed by atoms with Crippen molar-refractivity contribution in [2.24, 2.45) is 0 Å². The quantitative estimate of drug-likeness (QED) is 0.166. The van der Waals surface area contributed by atoms with Crippen LogP contribution in [0.5, 0.6) is 0 Å². The molecule has 0 unspecified atom stereocenters. The van der Waals surface area contributed by atoms with Crippen LogP contribution in [0, 0.1) is 13.8 Å². The van der Waals surface area contributed by atoms with Gasteiger partial charge >= 0.3 is 0 Å². The summed E-state index contributed by atoms with van der Waals surface area (Å²) >= 11 is 3.49. The number of sulfonamides is 1. The third-order valence-corrected chi connectivity index (χ3v) is 11.0. The minimum atomic E-state index is -4.14. The molecule has 9 heteroatoms. The molecule has 4 aromatic carbocycles. The molecule has 1 atom stereocenters. The molecule has 1 N–H and O–H groups in total. The summed E-state index contributed by atoms with van der Waals surface area (Å²) in [6.45, 7) is 3.47. The van der Waals surface area contributed by atoms with Crippen molar-refractivity contribution in [1.82, 2.24) is 10.2 Å². The highest BCUT2D eigenvalue weighted by atomic mass is 79.9. The van der Waals surface area contributed by atoms with Crippen LogP contribution in [0.3, 0.4) is 0 Å². The molecule has 0 aliphatic heterocycles. The number of hydrogen-bond acceptors (Lipinski definition) is 4. The molecule has 7 nitrogen and oxygen atoms in total. The summed E-state index contributed by atoms with van der Waals surface area (Å²) in [6.07, 6.45) is 5.35. The van der Waals surface area contributed by atoms with Crippen molar-refractivity contribution >= 4 is 43.5 Å². The lowest BCUT2D eigenvalue weighted by Crippen LogP contribution is -2.55. The Kier molecular flexibility index (Phi) is 11.5. The zero-order chi connectivity index (χ0) is 33.4. The number of hydrogen-bond donors (Lipinski definition) is 1. The second-order valence-electron chi connectivity index (χ2n) is 12.4. The van der Waals surface area contributed by atoms with Crippen molar-refractivity contribution in [3.05, 3.63) is 130 Å². The fraction of sp³-hybridized carbons (Fsp3) is 0.316. The van der Waals surface area contributed by atoms with Gasteiger partial charge in [0.15, 0.2) is 0 Å². The molecule has 0 radical (unpaired) electrons. The Hall–Kier alpha value is -3.95. The van der Waals surface area contributed by atoms with Crippen molar-refractivity contribution in [3.63, 3.8) is 0 Å². The van der Waals surface area contributed by atoms with Crippen LogP contribution in [0.4, 0.5) is 5.69 Å². The van der Waals surface area contributed by atoms with Crippen molar-refractivity contribution in [3.8, 4) is 0 Å². The van der Waals surface area contributed by atoms with Gasteiger partial charge in [-0.05, 0) is 74.2 Å². The highest BCUT2D eigenvalue weighted by Crippen LogP contribution is 2.26. The molecule has 0 spiro atoms. The fourth-order valence-electron chi connectivity index (χ4n) is 5.96. The number of nitrogens with zero attached hydrogens (tertiary/aromatic N) is 2. The zero-order valence-corrected chi connectivity index (χ0v) is 29.3. The monoisotopic (exact) mass is 715 g/mol. The van der Waals surface area contributed by atoms with Crippen LogP contribution in [0.25, 0.3) is 0 Å². The van der Waals surface area contributed by atoms with Crippen LogP contribution in [-0.4, -0.2) is 43.8 Å². The van der Waals surface area contributed by atoms with E-state index in [1.54, 1.807) is 41.3 Å². The van der Waals surface area contributed by atoms with Crippen molar-refractivity contribution in [1.29, 1.82) is 0 Å². The molecule has 1 aliphatic carbocycles. The highest BCUT2D eigenvalue weighted by molar-refractivity contribution is 9.10. The van der Waals surface area contributed by atoms with Crippen molar-refractivity contribution < 1.29 is 18.0 Å². The van der Waals surface area contributed by atoms with Gasteiger partial charge in [-0.3, -0.25) is 13.9 Å². The molecule has 0 bridgehead atoms. The number of amides is 2. The van der Waals surface area contributed by atoms with E-state index in [4.69, 9.17) is 0 Å². The summed E-state index contributed by atoms with van der Waals surface area (Å²) in [4.78, 5) is 30.5. The van der Waals surface area contributed by atoms with E-state index < -0.39 is 28.5 Å². The van der Waals surface area contributed by atoms with E-state index in [1.807, 2.05) is 80.6 Å². The molecule has 5 rings (SSSR count). The van der Waals surface area contributed by atoms with E-state index in [9.17, 15) is 18.0 Å². The van der Waals surface area contributed by atoms with Gasteiger partial charge in [-0.25, -0.2) is 8.42 Å². The predicted octanol–water partition coefficient (Wildman–Crippen LogP) is 7.35. The largest absolute Gasteiger partial charge is 0.352 e. The number of aryl methyl sites for hydroxylation is 2. The zero-order valence-electron chi connectivity index (χ0n) is 26.9. The lowest BCUT2D eigenvalue weighted by Gasteiger charge is -2.35. The maximum absolute atomic E-state index is 14.7. The Morgan fingerprint density at radius 3 is 2.00 bits per heavy atom. The normalized spacial score (nSPS) is 14.3. The molecule has 1 fully saturated rings. The maximum Gasteiger partial charge on any atom is 0.264 e. The van der Waals surface area contributed by atoms with Crippen LogP contribution >= 0.6 is 15.9 Å². The maximum atomic E-state index is 14.7. The molecule has 246 valence electrons. The average molecular weight is 717 g/mol. The molecule has 47 heavy (non-hydrogen) atoms. The summed E-state index contributed by atoms with van der Waals surface area (Å²) in [5.74, 6) is -0.696. The first-order valence-electron chi connectivity index (χ1n) is 16.1. The van der Waals surface area contributed by atoms with E-state index in [0.717, 1.165) is 63.1 Å². The highest BCUT2D eigenvalue weighted by Gasteiger charge is 2.35. The lowest BCUT2D eigenvalue weighted by molar-refractivity contribution is -0.140. The molecule has 0 heterocycles. The van der Waals surface area contributed by atoms with E-state index in [2.05, 4.69) is 21.2 Å². The summed E-state index contributed by atoms with van der Waals surface area (Å²) in [7, 11) is -4.14. The van der Waals surface area contributed by atoms with Crippen LogP contribution < -0.4 is 9.62 Å². The van der Waals surface area contributed by atoms with Crippen LogP contribution in [0.15, 0.2) is 112 Å². The Bertz CT molecular complexity index is 1740. The average Bonchev–Trinajstić information content (AvgIpc) is 3.07. The standard InChI is InChI=1S/C38H42BrN3O4S/c1-28-13-21-34(22-14-28)42(47(45,46)35-23-15-29(2)16-24-35)27-37(43)41(26-31-17-19-32(39)20-18-31)36(25-30-9-5-3-6-10-30)38(44)40-33-11-7-4-8-12-33/h3,5-6,9-10,13-24,33,36H,4,7-8,11-12,25-27H2,1-2H3,(H,40,44)/t36-/m0/s1. The SMILES string of the molecule is Cc1ccc(N(CC(=O)N(Cc2ccc(Br)cc2)[C@@H](Cc2ccccc2)C(=O)NC2CCCCC2)S(=O)(=O)c2ccc(C)cc2)cc1. The first-order chi connectivity index (χ1) is 22.6. The summed E-state index contributed by atoms with van der Waals surface area (Å²) < 4.78 is 30.5. The van der Waals surface area contributed by atoms with Crippen LogP contribution in [0.1, 0.15) is 54.4 Å². The number of nitrogens with one attached hydrogen (secondary N) is 1. The van der Waals surface area contributed by atoms with Gasteiger partial charge in [0.25, 0.3) is 10.0 Å². The summed E-state index contributed by atoms with van der Waals surface area (Å²) in [6, 6.07) is 30.1. The molecule has 0 saturated heterocycles. The number of benzene rings is 4. The van der Waals surface area contributed by atoms with Gasteiger partial charge in [-0.15, -0.1) is 0 Å². The molecule has 2 amide bonds. The smallest absolute Gasteiger partial charge is 0.264 e.